The zero-order chi connectivity index (χ0) is 14.1. The van der Waals surface area contributed by atoms with Crippen LogP contribution in [0, 0.1) is 5.82 Å². The molecule has 0 radical (unpaired) electrons. The summed E-state index contributed by atoms with van der Waals surface area (Å²) >= 11 is 0. The minimum atomic E-state index is -0.337. The third-order valence-corrected chi connectivity index (χ3v) is 3.12. The molecule has 0 fully saturated rings. The van der Waals surface area contributed by atoms with Crippen LogP contribution in [0.4, 0.5) is 4.39 Å². The molecule has 2 heterocycles. The summed E-state index contributed by atoms with van der Waals surface area (Å²) in [4.78, 5) is 8.61. The standard InChI is InChI=1S/C15H14FN3O/c1-3-20-12-7-10(6-11(16)8-12)15-18-13-4-5-17-9-14(13)19(15)2/h4-9H,3H2,1-2H3. The van der Waals surface area contributed by atoms with Crippen molar-refractivity contribution in [2.24, 2.45) is 7.05 Å². The van der Waals surface area contributed by atoms with Gasteiger partial charge in [0.2, 0.25) is 0 Å². The van der Waals surface area contributed by atoms with Gasteiger partial charge in [-0.2, -0.15) is 0 Å². The maximum atomic E-state index is 13.7. The molecular formula is C15H14FN3O. The topological polar surface area (TPSA) is 39.9 Å². The molecule has 20 heavy (non-hydrogen) atoms. The van der Waals surface area contributed by atoms with Gasteiger partial charge in [-0.25, -0.2) is 9.37 Å². The van der Waals surface area contributed by atoms with Gasteiger partial charge in [-0.3, -0.25) is 4.98 Å². The largest absolute Gasteiger partial charge is 0.494 e. The van der Waals surface area contributed by atoms with Gasteiger partial charge in [0.05, 0.1) is 23.8 Å². The van der Waals surface area contributed by atoms with Crippen LogP contribution in [0.1, 0.15) is 6.92 Å². The minimum absolute atomic E-state index is 0.337. The Balaban J connectivity index is 2.17. The summed E-state index contributed by atoms with van der Waals surface area (Å²) in [5.74, 6) is 0.859. The normalized spacial score (nSPS) is 10.9. The first-order valence-corrected chi connectivity index (χ1v) is 6.39. The molecule has 0 bridgehead atoms. The molecule has 0 spiro atoms. The Kier molecular flexibility index (Phi) is 3.10. The van der Waals surface area contributed by atoms with Gasteiger partial charge in [0.1, 0.15) is 17.4 Å². The quantitative estimate of drug-likeness (QED) is 0.734. The van der Waals surface area contributed by atoms with E-state index in [2.05, 4.69) is 9.97 Å². The molecule has 0 atom stereocenters. The SMILES string of the molecule is CCOc1cc(F)cc(-c2nc3ccncc3n2C)c1. The highest BCUT2D eigenvalue weighted by atomic mass is 19.1. The highest BCUT2D eigenvalue weighted by Crippen LogP contribution is 2.27. The molecule has 5 heteroatoms. The van der Waals surface area contributed by atoms with Gasteiger partial charge in [0.15, 0.2) is 0 Å². The monoisotopic (exact) mass is 271 g/mol. The van der Waals surface area contributed by atoms with Gasteiger partial charge in [-0.15, -0.1) is 0 Å². The summed E-state index contributed by atoms with van der Waals surface area (Å²) < 4.78 is 21.0. The van der Waals surface area contributed by atoms with Crippen LogP contribution in [-0.2, 0) is 7.05 Å². The number of nitrogens with zero attached hydrogens (tertiary/aromatic N) is 3. The zero-order valence-electron chi connectivity index (χ0n) is 11.3. The third kappa shape index (κ3) is 2.11. The molecule has 0 saturated carbocycles. The lowest BCUT2D eigenvalue weighted by atomic mass is 10.2. The summed E-state index contributed by atoms with van der Waals surface area (Å²) in [5.41, 5.74) is 2.43. The van der Waals surface area contributed by atoms with Crippen molar-refractivity contribution in [2.75, 3.05) is 6.61 Å². The van der Waals surface area contributed by atoms with Crippen LogP contribution in [0.3, 0.4) is 0 Å². The minimum Gasteiger partial charge on any atom is -0.494 e. The van der Waals surface area contributed by atoms with E-state index in [-0.39, 0.29) is 5.82 Å². The second kappa shape index (κ2) is 4.92. The Labute approximate surface area is 115 Å². The molecule has 0 N–H and O–H groups in total. The summed E-state index contributed by atoms with van der Waals surface area (Å²) in [7, 11) is 1.89. The van der Waals surface area contributed by atoms with Gasteiger partial charge in [0.25, 0.3) is 0 Å². The number of hydrogen-bond acceptors (Lipinski definition) is 3. The van der Waals surface area contributed by atoms with Crippen LogP contribution in [0.2, 0.25) is 0 Å². The van der Waals surface area contributed by atoms with Gasteiger partial charge >= 0.3 is 0 Å². The van der Waals surface area contributed by atoms with Crippen LogP contribution in [0.15, 0.2) is 36.7 Å². The second-order valence-corrected chi connectivity index (χ2v) is 4.47. The van der Waals surface area contributed by atoms with Crippen molar-refractivity contribution in [3.05, 3.63) is 42.5 Å². The van der Waals surface area contributed by atoms with E-state index in [1.807, 2.05) is 24.6 Å². The van der Waals surface area contributed by atoms with Crippen LogP contribution in [0.25, 0.3) is 22.4 Å². The highest BCUT2D eigenvalue weighted by molar-refractivity contribution is 5.79. The van der Waals surface area contributed by atoms with E-state index in [0.717, 1.165) is 11.0 Å². The average molecular weight is 271 g/mol. The van der Waals surface area contributed by atoms with Crippen LogP contribution < -0.4 is 4.74 Å². The fourth-order valence-electron chi connectivity index (χ4n) is 2.23. The van der Waals surface area contributed by atoms with Gasteiger partial charge < -0.3 is 9.30 Å². The molecule has 1 aromatic carbocycles. The lowest BCUT2D eigenvalue weighted by Crippen LogP contribution is -1.96. The van der Waals surface area contributed by atoms with E-state index in [4.69, 9.17) is 4.74 Å². The van der Waals surface area contributed by atoms with E-state index in [0.29, 0.717) is 23.7 Å². The van der Waals surface area contributed by atoms with Crippen molar-refractivity contribution in [3.63, 3.8) is 0 Å². The van der Waals surface area contributed by atoms with Crippen molar-refractivity contribution in [2.45, 2.75) is 6.92 Å². The Morgan fingerprint density at radius 1 is 1.30 bits per heavy atom. The molecule has 0 aliphatic carbocycles. The Morgan fingerprint density at radius 2 is 2.15 bits per heavy atom. The molecule has 0 amide bonds. The Hall–Kier alpha value is -2.43. The average Bonchev–Trinajstić information content (AvgIpc) is 2.77. The maximum Gasteiger partial charge on any atom is 0.141 e. The molecule has 0 aliphatic rings. The van der Waals surface area contributed by atoms with E-state index in [1.54, 1.807) is 18.5 Å². The van der Waals surface area contributed by atoms with Gasteiger partial charge in [0, 0.05) is 24.9 Å². The number of aromatic nitrogens is 3. The maximum absolute atomic E-state index is 13.7. The molecule has 0 aliphatic heterocycles. The van der Waals surface area contributed by atoms with Crippen molar-refractivity contribution in [1.82, 2.24) is 14.5 Å². The number of benzene rings is 1. The smallest absolute Gasteiger partial charge is 0.141 e. The fraction of sp³-hybridized carbons (Fsp3) is 0.200. The summed E-state index contributed by atoms with van der Waals surface area (Å²) in [6.07, 6.45) is 3.44. The zero-order valence-corrected chi connectivity index (χ0v) is 11.3. The van der Waals surface area contributed by atoms with Gasteiger partial charge in [-0.1, -0.05) is 0 Å². The van der Waals surface area contributed by atoms with Crippen LogP contribution >= 0.6 is 0 Å². The van der Waals surface area contributed by atoms with E-state index < -0.39 is 0 Å². The van der Waals surface area contributed by atoms with E-state index in [9.17, 15) is 4.39 Å². The Morgan fingerprint density at radius 3 is 2.90 bits per heavy atom. The second-order valence-electron chi connectivity index (χ2n) is 4.47. The molecule has 102 valence electrons. The van der Waals surface area contributed by atoms with E-state index in [1.165, 1.54) is 12.1 Å². The predicted octanol–water partition coefficient (Wildman–Crippen LogP) is 3.17. The Bertz CT molecular complexity index is 767. The molecule has 0 saturated heterocycles. The molecule has 0 unspecified atom stereocenters. The number of ether oxygens (including phenoxy) is 1. The van der Waals surface area contributed by atoms with Gasteiger partial charge in [-0.05, 0) is 25.1 Å². The van der Waals surface area contributed by atoms with E-state index >= 15 is 0 Å². The number of rotatable bonds is 3. The predicted molar refractivity (Wildman–Crippen MR) is 75.1 cm³/mol. The van der Waals surface area contributed by atoms with Crippen molar-refractivity contribution < 1.29 is 9.13 Å². The number of halogens is 1. The number of fused-ring (bicyclic) bond motifs is 1. The third-order valence-electron chi connectivity index (χ3n) is 3.12. The number of hydrogen-bond donors (Lipinski definition) is 0. The highest BCUT2D eigenvalue weighted by Gasteiger charge is 2.12. The van der Waals surface area contributed by atoms with Crippen molar-refractivity contribution >= 4 is 11.0 Å². The summed E-state index contributed by atoms with van der Waals surface area (Å²) in [5, 5.41) is 0. The van der Waals surface area contributed by atoms with Crippen LogP contribution in [-0.4, -0.2) is 21.1 Å². The summed E-state index contributed by atoms with van der Waals surface area (Å²) in [6, 6.07) is 6.46. The lowest BCUT2D eigenvalue weighted by Gasteiger charge is -2.07. The van der Waals surface area contributed by atoms with Crippen molar-refractivity contribution in [3.8, 4) is 17.1 Å². The first-order chi connectivity index (χ1) is 9.69. The molecule has 3 aromatic rings. The number of pyridine rings is 1. The summed E-state index contributed by atoms with van der Waals surface area (Å²) in [6.45, 7) is 2.36. The van der Waals surface area contributed by atoms with Crippen LogP contribution in [0.5, 0.6) is 5.75 Å². The first kappa shape index (κ1) is 12.6. The van der Waals surface area contributed by atoms with Crippen molar-refractivity contribution in [1.29, 1.82) is 0 Å². The molecule has 2 aromatic heterocycles. The first-order valence-electron chi connectivity index (χ1n) is 6.39. The fourth-order valence-corrected chi connectivity index (χ4v) is 2.23. The lowest BCUT2D eigenvalue weighted by molar-refractivity contribution is 0.338. The molecule has 3 rings (SSSR count). The number of imidazole rings is 1. The molecule has 4 nitrogen and oxygen atoms in total. The number of aryl methyl sites for hydroxylation is 1. The molecular weight excluding hydrogens is 257 g/mol.